The fraction of sp³-hybridized carbons (Fsp3) is 0.833. The van der Waals surface area contributed by atoms with E-state index in [9.17, 15) is 9.59 Å². The van der Waals surface area contributed by atoms with Gasteiger partial charge in [0, 0.05) is 5.41 Å². The zero-order valence-corrected chi connectivity index (χ0v) is 10.9. The second-order valence-corrected chi connectivity index (χ2v) is 4.58. The maximum absolute atomic E-state index is 12.2. The van der Waals surface area contributed by atoms with Gasteiger partial charge in [-0.25, -0.2) is 4.79 Å². The summed E-state index contributed by atoms with van der Waals surface area (Å²) in [5, 5.41) is 2.60. The summed E-state index contributed by atoms with van der Waals surface area (Å²) in [5.74, 6) is 0.0715. The van der Waals surface area contributed by atoms with Crippen molar-refractivity contribution in [3.63, 3.8) is 0 Å². The largest absolute Gasteiger partial charge is 0.453 e. The monoisotopic (exact) mass is 229 g/mol. The van der Waals surface area contributed by atoms with Crippen LogP contribution >= 0.6 is 0 Å². The van der Waals surface area contributed by atoms with Crippen LogP contribution in [0.5, 0.6) is 0 Å². The number of hydrogen-bond donors (Lipinski definition) is 1. The van der Waals surface area contributed by atoms with Gasteiger partial charge in [0.2, 0.25) is 0 Å². The number of rotatable bonds is 6. The molecule has 1 N–H and O–H groups in total. The summed E-state index contributed by atoms with van der Waals surface area (Å²) >= 11 is 0. The third kappa shape index (κ3) is 4.21. The molecule has 0 bridgehead atoms. The van der Waals surface area contributed by atoms with Crippen LogP contribution in [0.4, 0.5) is 4.79 Å². The molecule has 0 fully saturated rings. The minimum Gasteiger partial charge on any atom is -0.453 e. The highest BCUT2D eigenvalue weighted by Crippen LogP contribution is 2.24. The summed E-state index contributed by atoms with van der Waals surface area (Å²) in [6, 6.07) is -0.438. The number of hydrogen-bond acceptors (Lipinski definition) is 3. The third-order valence-electron chi connectivity index (χ3n) is 2.92. The SMILES string of the molecule is CCC[C@H](NC(=O)OC)C(=O)C(C)(C)CC. The van der Waals surface area contributed by atoms with Crippen LogP contribution in [-0.2, 0) is 9.53 Å². The summed E-state index contributed by atoms with van der Waals surface area (Å²) in [7, 11) is 1.30. The molecule has 0 unspecified atom stereocenters. The summed E-state index contributed by atoms with van der Waals surface area (Å²) in [5.41, 5.74) is -0.402. The number of methoxy groups -OCH3 is 1. The highest BCUT2D eigenvalue weighted by Gasteiger charge is 2.32. The maximum Gasteiger partial charge on any atom is 0.407 e. The first kappa shape index (κ1) is 14.9. The van der Waals surface area contributed by atoms with E-state index in [2.05, 4.69) is 10.1 Å². The Labute approximate surface area is 97.7 Å². The van der Waals surface area contributed by atoms with E-state index >= 15 is 0 Å². The highest BCUT2D eigenvalue weighted by atomic mass is 16.5. The Morgan fingerprint density at radius 3 is 2.25 bits per heavy atom. The number of carbonyl (C=O) groups excluding carboxylic acids is 2. The first-order chi connectivity index (χ1) is 7.38. The first-order valence-electron chi connectivity index (χ1n) is 5.77. The van der Waals surface area contributed by atoms with E-state index in [0.29, 0.717) is 6.42 Å². The van der Waals surface area contributed by atoms with E-state index in [0.717, 1.165) is 12.8 Å². The lowest BCUT2D eigenvalue weighted by Gasteiger charge is -2.27. The minimum atomic E-state index is -0.543. The predicted octanol–water partition coefficient (Wildman–Crippen LogP) is 2.52. The smallest absolute Gasteiger partial charge is 0.407 e. The molecule has 1 amide bonds. The van der Waals surface area contributed by atoms with Crippen molar-refractivity contribution in [1.29, 1.82) is 0 Å². The van der Waals surface area contributed by atoms with E-state index in [1.165, 1.54) is 7.11 Å². The normalized spacial score (nSPS) is 13.1. The summed E-state index contributed by atoms with van der Waals surface area (Å²) in [4.78, 5) is 23.3. The molecule has 1 atom stereocenters. The zero-order valence-electron chi connectivity index (χ0n) is 10.9. The molecule has 0 aromatic rings. The van der Waals surface area contributed by atoms with Gasteiger partial charge >= 0.3 is 6.09 Å². The number of alkyl carbamates (subject to hydrolysis) is 1. The predicted molar refractivity (Wildman–Crippen MR) is 63.3 cm³/mol. The van der Waals surface area contributed by atoms with E-state index in [1.54, 1.807) is 0 Å². The van der Waals surface area contributed by atoms with Crippen molar-refractivity contribution in [2.45, 2.75) is 53.0 Å². The molecule has 0 aromatic carbocycles. The average Bonchev–Trinajstić information content (AvgIpc) is 2.27. The minimum absolute atomic E-state index is 0.0715. The van der Waals surface area contributed by atoms with E-state index < -0.39 is 17.6 Å². The lowest BCUT2D eigenvalue weighted by molar-refractivity contribution is -0.129. The molecule has 0 aromatic heterocycles. The topological polar surface area (TPSA) is 55.4 Å². The van der Waals surface area contributed by atoms with Gasteiger partial charge in [0.05, 0.1) is 13.2 Å². The van der Waals surface area contributed by atoms with Crippen molar-refractivity contribution in [2.24, 2.45) is 5.41 Å². The highest BCUT2D eigenvalue weighted by molar-refractivity contribution is 5.91. The van der Waals surface area contributed by atoms with Crippen molar-refractivity contribution in [3.8, 4) is 0 Å². The number of amides is 1. The molecule has 0 aliphatic carbocycles. The van der Waals surface area contributed by atoms with Gasteiger partial charge in [-0.15, -0.1) is 0 Å². The Morgan fingerprint density at radius 1 is 1.31 bits per heavy atom. The molecule has 0 aliphatic rings. The molecular weight excluding hydrogens is 206 g/mol. The molecule has 16 heavy (non-hydrogen) atoms. The summed E-state index contributed by atoms with van der Waals surface area (Å²) in [6.45, 7) is 7.76. The van der Waals surface area contributed by atoms with Gasteiger partial charge in [0.25, 0.3) is 0 Å². The lowest BCUT2D eigenvalue weighted by Crippen LogP contribution is -2.46. The zero-order chi connectivity index (χ0) is 12.8. The van der Waals surface area contributed by atoms with Crippen LogP contribution in [0.2, 0.25) is 0 Å². The molecule has 0 spiro atoms. The van der Waals surface area contributed by atoms with Gasteiger partial charge in [-0.2, -0.15) is 0 Å². The van der Waals surface area contributed by atoms with Crippen molar-refractivity contribution in [3.05, 3.63) is 0 Å². The van der Waals surface area contributed by atoms with Gasteiger partial charge in [0.1, 0.15) is 0 Å². The standard InChI is InChI=1S/C12H23NO3/c1-6-8-9(13-11(15)16-5)10(14)12(3,4)7-2/h9H,6-8H2,1-5H3,(H,13,15)/t9-/m0/s1. The molecule has 94 valence electrons. The van der Waals surface area contributed by atoms with Crippen LogP contribution in [-0.4, -0.2) is 25.0 Å². The number of ketones is 1. The van der Waals surface area contributed by atoms with Gasteiger partial charge < -0.3 is 10.1 Å². The molecule has 0 aliphatic heterocycles. The van der Waals surface area contributed by atoms with E-state index in [-0.39, 0.29) is 5.78 Å². The van der Waals surface area contributed by atoms with Gasteiger partial charge in [-0.3, -0.25) is 4.79 Å². The van der Waals surface area contributed by atoms with Crippen LogP contribution in [0.25, 0.3) is 0 Å². The van der Waals surface area contributed by atoms with Crippen molar-refractivity contribution in [1.82, 2.24) is 5.32 Å². The fourth-order valence-corrected chi connectivity index (χ4v) is 1.40. The lowest BCUT2D eigenvalue weighted by atomic mass is 9.81. The Morgan fingerprint density at radius 2 is 1.88 bits per heavy atom. The second kappa shape index (κ2) is 6.51. The third-order valence-corrected chi connectivity index (χ3v) is 2.92. The van der Waals surface area contributed by atoms with E-state index in [4.69, 9.17) is 0 Å². The number of carbonyl (C=O) groups is 2. The Kier molecular flexibility index (Phi) is 6.08. The number of ether oxygens (including phenoxy) is 1. The molecule has 4 nitrogen and oxygen atoms in total. The van der Waals surface area contributed by atoms with Crippen LogP contribution in [0.1, 0.15) is 47.0 Å². The van der Waals surface area contributed by atoms with Crippen LogP contribution in [0, 0.1) is 5.41 Å². The first-order valence-corrected chi connectivity index (χ1v) is 5.77. The molecule has 0 saturated heterocycles. The van der Waals surface area contributed by atoms with Crippen LogP contribution < -0.4 is 5.32 Å². The molecular formula is C12H23NO3. The average molecular weight is 229 g/mol. The Balaban J connectivity index is 4.64. The van der Waals surface area contributed by atoms with Crippen molar-refractivity contribution < 1.29 is 14.3 Å². The molecule has 0 heterocycles. The Hall–Kier alpha value is -1.06. The maximum atomic E-state index is 12.2. The summed E-state index contributed by atoms with van der Waals surface area (Å²) < 4.78 is 4.52. The number of nitrogens with one attached hydrogen (secondary N) is 1. The summed E-state index contributed by atoms with van der Waals surface area (Å²) in [6.07, 6.45) is 1.71. The van der Waals surface area contributed by atoms with E-state index in [1.807, 2.05) is 27.7 Å². The molecule has 0 rings (SSSR count). The van der Waals surface area contributed by atoms with Crippen LogP contribution in [0.15, 0.2) is 0 Å². The molecule has 0 saturated carbocycles. The van der Waals surface area contributed by atoms with Gasteiger partial charge in [-0.05, 0) is 12.8 Å². The van der Waals surface area contributed by atoms with Crippen molar-refractivity contribution in [2.75, 3.05) is 7.11 Å². The quantitative estimate of drug-likeness (QED) is 0.761. The van der Waals surface area contributed by atoms with Gasteiger partial charge in [0.15, 0.2) is 5.78 Å². The number of Topliss-reactive ketones (excluding diaryl/α,β-unsaturated/α-hetero) is 1. The van der Waals surface area contributed by atoms with Crippen molar-refractivity contribution >= 4 is 11.9 Å². The fourth-order valence-electron chi connectivity index (χ4n) is 1.40. The van der Waals surface area contributed by atoms with Crippen LogP contribution in [0.3, 0.4) is 0 Å². The second-order valence-electron chi connectivity index (χ2n) is 4.58. The molecule has 4 heteroatoms. The van der Waals surface area contributed by atoms with Gasteiger partial charge in [-0.1, -0.05) is 34.1 Å². The Bertz CT molecular complexity index is 249. The molecule has 0 radical (unpaired) electrons.